The minimum Gasteiger partial charge on any atom is -0.493 e. The van der Waals surface area contributed by atoms with Crippen LogP contribution in [0.3, 0.4) is 0 Å². The molecule has 0 bridgehead atoms. The fourth-order valence-corrected chi connectivity index (χ4v) is 4.01. The number of anilines is 1. The summed E-state index contributed by atoms with van der Waals surface area (Å²) >= 11 is 2.08. The molecule has 1 fully saturated rings. The smallest absolute Gasteiger partial charge is 0.335 e. The normalized spacial score (nSPS) is 15.6. The van der Waals surface area contributed by atoms with E-state index in [1.54, 1.807) is 24.3 Å². The van der Waals surface area contributed by atoms with Gasteiger partial charge in [-0.15, -0.1) is 0 Å². The van der Waals surface area contributed by atoms with Crippen LogP contribution in [0, 0.1) is 17.4 Å². The van der Waals surface area contributed by atoms with Crippen LogP contribution in [-0.4, -0.2) is 32.1 Å². The molecular formula is C21H19IN2O5. The van der Waals surface area contributed by atoms with Gasteiger partial charge in [-0.05, 0) is 83.5 Å². The molecule has 0 unspecified atom stereocenters. The maximum absolute atomic E-state index is 13.1. The van der Waals surface area contributed by atoms with Crippen LogP contribution in [0.25, 0.3) is 6.08 Å². The van der Waals surface area contributed by atoms with Crippen LogP contribution in [0.5, 0.6) is 11.5 Å². The molecule has 4 amide bonds. The lowest BCUT2D eigenvalue weighted by molar-refractivity contribution is -0.122. The minimum atomic E-state index is -0.774. The van der Waals surface area contributed by atoms with Crippen LogP contribution >= 0.6 is 22.6 Å². The van der Waals surface area contributed by atoms with Crippen molar-refractivity contribution in [3.8, 4) is 11.5 Å². The highest BCUT2D eigenvalue weighted by Gasteiger charge is 2.37. The highest BCUT2D eigenvalue weighted by Crippen LogP contribution is 2.34. The molecule has 7 nitrogen and oxygen atoms in total. The first-order valence-electron chi connectivity index (χ1n) is 8.66. The lowest BCUT2D eigenvalue weighted by Gasteiger charge is -2.27. The van der Waals surface area contributed by atoms with Gasteiger partial charge in [0.15, 0.2) is 11.5 Å². The SMILES string of the molecule is COc1cc(/C=C2\C(=O)NC(=O)N(c3cc(C)cc(C)c3)C2=O)cc(I)c1OC. The van der Waals surface area contributed by atoms with Gasteiger partial charge in [0.25, 0.3) is 11.8 Å². The first kappa shape index (κ1) is 20.8. The van der Waals surface area contributed by atoms with E-state index in [1.165, 1.54) is 20.3 Å². The van der Waals surface area contributed by atoms with Crippen LogP contribution in [0.2, 0.25) is 0 Å². The van der Waals surface area contributed by atoms with Crippen molar-refractivity contribution in [3.05, 3.63) is 56.2 Å². The van der Waals surface area contributed by atoms with Gasteiger partial charge in [0, 0.05) is 0 Å². The van der Waals surface area contributed by atoms with E-state index in [4.69, 9.17) is 9.47 Å². The van der Waals surface area contributed by atoms with Crippen molar-refractivity contribution in [1.82, 2.24) is 5.32 Å². The van der Waals surface area contributed by atoms with Gasteiger partial charge in [0.05, 0.1) is 23.5 Å². The van der Waals surface area contributed by atoms with Gasteiger partial charge in [0.1, 0.15) is 5.57 Å². The van der Waals surface area contributed by atoms with E-state index < -0.39 is 17.8 Å². The Kier molecular flexibility index (Phi) is 5.92. The molecule has 1 aliphatic rings. The topological polar surface area (TPSA) is 84.9 Å². The second kappa shape index (κ2) is 8.24. The Hall–Kier alpha value is -2.88. The third-order valence-corrected chi connectivity index (χ3v) is 5.13. The number of carbonyl (C=O) groups is 3. The molecule has 1 N–H and O–H groups in total. The molecule has 0 saturated carbocycles. The number of imide groups is 2. The number of hydrogen-bond acceptors (Lipinski definition) is 5. The van der Waals surface area contributed by atoms with Crippen LogP contribution in [-0.2, 0) is 9.59 Å². The molecule has 2 aromatic rings. The highest BCUT2D eigenvalue weighted by molar-refractivity contribution is 14.1. The molecule has 1 heterocycles. The Morgan fingerprint density at radius 1 is 0.966 bits per heavy atom. The monoisotopic (exact) mass is 506 g/mol. The predicted octanol–water partition coefficient (Wildman–Crippen LogP) is 3.59. The molecule has 2 aromatic carbocycles. The van der Waals surface area contributed by atoms with Crippen LogP contribution < -0.4 is 19.7 Å². The summed E-state index contributed by atoms with van der Waals surface area (Å²) in [6.45, 7) is 3.74. The maximum Gasteiger partial charge on any atom is 0.335 e. The number of hydrogen-bond donors (Lipinski definition) is 1. The molecule has 0 spiro atoms. The molecule has 1 aliphatic heterocycles. The molecule has 0 radical (unpaired) electrons. The third kappa shape index (κ3) is 4.12. The number of barbiturate groups is 1. The number of rotatable bonds is 4. The van der Waals surface area contributed by atoms with Crippen molar-refractivity contribution >= 4 is 52.2 Å². The summed E-state index contributed by atoms with van der Waals surface area (Å²) in [7, 11) is 3.04. The molecule has 3 rings (SSSR count). The third-order valence-electron chi connectivity index (χ3n) is 4.33. The van der Waals surface area contributed by atoms with E-state index in [9.17, 15) is 14.4 Å². The van der Waals surface area contributed by atoms with Crippen LogP contribution in [0.1, 0.15) is 16.7 Å². The predicted molar refractivity (Wildman–Crippen MR) is 117 cm³/mol. The number of aryl methyl sites for hydroxylation is 2. The van der Waals surface area contributed by atoms with Crippen molar-refractivity contribution in [3.63, 3.8) is 0 Å². The summed E-state index contributed by atoms with van der Waals surface area (Å²) in [4.78, 5) is 38.8. The van der Waals surface area contributed by atoms with Gasteiger partial charge >= 0.3 is 6.03 Å². The van der Waals surface area contributed by atoms with Crippen molar-refractivity contribution in [2.75, 3.05) is 19.1 Å². The summed E-state index contributed by atoms with van der Waals surface area (Å²) in [5.41, 5.74) is 2.63. The minimum absolute atomic E-state index is 0.147. The second-order valence-corrected chi connectivity index (χ2v) is 7.70. The number of benzene rings is 2. The first-order chi connectivity index (χ1) is 13.7. The first-order valence-corrected chi connectivity index (χ1v) is 9.74. The molecule has 0 atom stereocenters. The number of carbonyl (C=O) groups excluding carboxylic acids is 3. The van der Waals surface area contributed by atoms with Crippen molar-refractivity contribution in [2.45, 2.75) is 13.8 Å². The van der Waals surface area contributed by atoms with Crippen LogP contribution in [0.15, 0.2) is 35.9 Å². The van der Waals surface area contributed by atoms with Gasteiger partial charge in [-0.2, -0.15) is 0 Å². The zero-order valence-corrected chi connectivity index (χ0v) is 18.5. The quantitative estimate of drug-likeness (QED) is 0.390. The van der Waals surface area contributed by atoms with E-state index in [0.29, 0.717) is 22.7 Å². The average Bonchev–Trinajstić information content (AvgIpc) is 2.63. The Morgan fingerprint density at radius 3 is 2.21 bits per heavy atom. The summed E-state index contributed by atoms with van der Waals surface area (Å²) < 4.78 is 11.4. The Labute approximate surface area is 181 Å². The number of halogens is 1. The zero-order chi connectivity index (χ0) is 21.3. The van der Waals surface area contributed by atoms with Gasteiger partial charge in [-0.25, -0.2) is 9.69 Å². The fraction of sp³-hybridized carbons (Fsp3) is 0.190. The average molecular weight is 506 g/mol. The largest absolute Gasteiger partial charge is 0.493 e. The summed E-state index contributed by atoms with van der Waals surface area (Å²) in [5, 5.41) is 2.23. The molecule has 0 aliphatic carbocycles. The molecule has 8 heteroatoms. The van der Waals surface area contributed by atoms with Gasteiger partial charge in [-0.1, -0.05) is 6.07 Å². The fourth-order valence-electron chi connectivity index (χ4n) is 3.16. The van der Waals surface area contributed by atoms with E-state index in [1.807, 2.05) is 19.9 Å². The lowest BCUT2D eigenvalue weighted by atomic mass is 10.0. The number of ether oxygens (including phenoxy) is 2. The zero-order valence-electron chi connectivity index (χ0n) is 16.3. The Balaban J connectivity index is 2.07. The maximum atomic E-state index is 13.1. The Bertz CT molecular complexity index is 1040. The number of methoxy groups -OCH3 is 2. The van der Waals surface area contributed by atoms with Gasteiger partial charge < -0.3 is 9.47 Å². The number of nitrogens with one attached hydrogen (secondary N) is 1. The van der Waals surface area contributed by atoms with Crippen molar-refractivity contribution in [1.29, 1.82) is 0 Å². The van der Waals surface area contributed by atoms with Crippen molar-refractivity contribution < 1.29 is 23.9 Å². The molecule has 29 heavy (non-hydrogen) atoms. The highest BCUT2D eigenvalue weighted by atomic mass is 127. The molecule has 1 saturated heterocycles. The molecule has 150 valence electrons. The van der Waals surface area contributed by atoms with Gasteiger partial charge in [0.2, 0.25) is 0 Å². The summed E-state index contributed by atoms with van der Waals surface area (Å²) in [6.07, 6.45) is 1.43. The van der Waals surface area contributed by atoms with E-state index in [-0.39, 0.29) is 5.57 Å². The summed E-state index contributed by atoms with van der Waals surface area (Å²) in [6, 6.07) is 8.01. The second-order valence-electron chi connectivity index (χ2n) is 6.54. The number of urea groups is 1. The summed E-state index contributed by atoms with van der Waals surface area (Å²) in [5.74, 6) is -0.405. The Morgan fingerprint density at radius 2 is 1.62 bits per heavy atom. The number of nitrogens with zero attached hydrogens (tertiary/aromatic N) is 1. The number of amides is 4. The van der Waals surface area contributed by atoms with E-state index in [2.05, 4.69) is 27.9 Å². The molecule has 0 aromatic heterocycles. The lowest BCUT2D eigenvalue weighted by Crippen LogP contribution is -2.54. The molecular weight excluding hydrogens is 487 g/mol. The van der Waals surface area contributed by atoms with Crippen LogP contribution in [0.4, 0.5) is 10.5 Å². The van der Waals surface area contributed by atoms with Crippen molar-refractivity contribution in [2.24, 2.45) is 0 Å². The standard InChI is InChI=1S/C21H19IN2O5/c1-11-5-12(2)7-14(6-11)24-20(26)15(19(25)23-21(24)27)8-13-9-16(22)18(29-4)17(10-13)28-3/h5-10H,1-4H3,(H,23,25,27)/b15-8+. The van der Waals surface area contributed by atoms with Gasteiger partial charge in [-0.3, -0.25) is 14.9 Å². The van der Waals surface area contributed by atoms with E-state index in [0.717, 1.165) is 19.6 Å². The van der Waals surface area contributed by atoms with E-state index >= 15 is 0 Å².